The summed E-state index contributed by atoms with van der Waals surface area (Å²) in [6.45, 7) is -0.828. The van der Waals surface area contributed by atoms with Gasteiger partial charge in [-0.25, -0.2) is 4.98 Å². The van der Waals surface area contributed by atoms with E-state index in [0.29, 0.717) is 0 Å². The molecule has 0 bridgehead atoms. The average Bonchev–Trinajstić information content (AvgIpc) is 2.41. The molecule has 1 unspecified atom stereocenters. The average molecular weight is 343 g/mol. The van der Waals surface area contributed by atoms with Crippen LogP contribution in [0.5, 0.6) is 5.75 Å². The third-order valence-corrected chi connectivity index (χ3v) is 3.37. The summed E-state index contributed by atoms with van der Waals surface area (Å²) in [7, 11) is 0. The molecule has 20 heavy (non-hydrogen) atoms. The molecule has 0 saturated heterocycles. The van der Waals surface area contributed by atoms with Crippen LogP contribution in [0.15, 0.2) is 47.2 Å². The molecule has 0 aliphatic heterocycles. The van der Waals surface area contributed by atoms with Crippen molar-refractivity contribution in [2.45, 2.75) is 19.6 Å². The lowest BCUT2D eigenvalue weighted by atomic mass is 10.1. The molecule has 106 valence electrons. The van der Waals surface area contributed by atoms with Gasteiger partial charge < -0.3 is 10.1 Å². The van der Waals surface area contributed by atoms with Gasteiger partial charge in [0.15, 0.2) is 0 Å². The van der Waals surface area contributed by atoms with Crippen LogP contribution in [-0.2, 0) is 0 Å². The zero-order valence-electron chi connectivity index (χ0n) is 10.7. The van der Waals surface area contributed by atoms with Crippen molar-refractivity contribution in [2.24, 2.45) is 0 Å². The number of hydrogen-bond donors (Lipinski definition) is 1. The SMILES string of the molecule is CC(Nc1cccnc1Br)c1ccc(OC(F)F)cc1. The maximum absolute atomic E-state index is 12.1. The van der Waals surface area contributed by atoms with Crippen molar-refractivity contribution in [3.8, 4) is 5.75 Å². The van der Waals surface area contributed by atoms with Gasteiger partial charge >= 0.3 is 6.61 Å². The minimum absolute atomic E-state index is 0.0103. The Morgan fingerprint density at radius 3 is 2.50 bits per heavy atom. The summed E-state index contributed by atoms with van der Waals surface area (Å²) >= 11 is 3.36. The molecule has 0 saturated carbocycles. The van der Waals surface area contributed by atoms with Crippen molar-refractivity contribution in [2.75, 3.05) is 5.32 Å². The van der Waals surface area contributed by atoms with Crippen molar-refractivity contribution in [1.29, 1.82) is 0 Å². The van der Waals surface area contributed by atoms with Crippen LogP contribution in [0.25, 0.3) is 0 Å². The first-order chi connectivity index (χ1) is 9.56. The van der Waals surface area contributed by atoms with Gasteiger partial charge in [-0.3, -0.25) is 0 Å². The fraction of sp³-hybridized carbons (Fsp3) is 0.214. The van der Waals surface area contributed by atoms with Crippen LogP contribution in [0.4, 0.5) is 14.5 Å². The molecule has 0 aliphatic carbocycles. The number of hydrogen-bond acceptors (Lipinski definition) is 3. The molecule has 0 spiro atoms. The standard InChI is InChI=1S/C14H13BrF2N2O/c1-9(19-12-3-2-8-18-13(12)15)10-4-6-11(7-5-10)20-14(16)17/h2-9,14,19H,1H3. The molecule has 0 amide bonds. The molecule has 1 N–H and O–H groups in total. The monoisotopic (exact) mass is 342 g/mol. The Morgan fingerprint density at radius 1 is 1.20 bits per heavy atom. The Labute approximate surface area is 124 Å². The summed E-state index contributed by atoms with van der Waals surface area (Å²) in [5.74, 6) is 0.151. The molecule has 2 rings (SSSR count). The van der Waals surface area contributed by atoms with Crippen LogP contribution >= 0.6 is 15.9 Å². The van der Waals surface area contributed by atoms with Gasteiger partial charge in [0.05, 0.1) is 5.69 Å². The minimum Gasteiger partial charge on any atom is -0.435 e. The Kier molecular flexibility index (Phi) is 4.89. The molecule has 1 aromatic heterocycles. The third kappa shape index (κ3) is 3.90. The van der Waals surface area contributed by atoms with Crippen LogP contribution in [0.2, 0.25) is 0 Å². The fourth-order valence-corrected chi connectivity index (χ4v) is 2.11. The van der Waals surface area contributed by atoms with E-state index in [1.54, 1.807) is 18.3 Å². The second-order valence-corrected chi connectivity index (χ2v) is 4.91. The number of rotatable bonds is 5. The second kappa shape index (κ2) is 6.65. The lowest BCUT2D eigenvalue weighted by Gasteiger charge is -2.16. The number of anilines is 1. The van der Waals surface area contributed by atoms with E-state index in [-0.39, 0.29) is 11.8 Å². The van der Waals surface area contributed by atoms with E-state index in [1.165, 1.54) is 12.1 Å². The number of alkyl halides is 2. The van der Waals surface area contributed by atoms with Gasteiger partial charge in [-0.2, -0.15) is 8.78 Å². The smallest absolute Gasteiger partial charge is 0.387 e. The van der Waals surface area contributed by atoms with Gasteiger partial charge in [0.1, 0.15) is 10.4 Å². The van der Waals surface area contributed by atoms with E-state index in [1.807, 2.05) is 19.1 Å². The van der Waals surface area contributed by atoms with Gasteiger partial charge in [0.2, 0.25) is 0 Å². The molecule has 2 aromatic rings. The fourth-order valence-electron chi connectivity index (χ4n) is 1.75. The topological polar surface area (TPSA) is 34.2 Å². The summed E-state index contributed by atoms with van der Waals surface area (Å²) in [5, 5.41) is 3.29. The summed E-state index contributed by atoms with van der Waals surface area (Å²) in [6, 6.07) is 10.3. The highest BCUT2D eigenvalue weighted by Crippen LogP contribution is 2.25. The second-order valence-electron chi connectivity index (χ2n) is 4.16. The molecular weight excluding hydrogens is 330 g/mol. The maximum Gasteiger partial charge on any atom is 0.387 e. The van der Waals surface area contributed by atoms with Crippen LogP contribution < -0.4 is 10.1 Å². The Hall–Kier alpha value is -1.69. The molecule has 0 aliphatic rings. The van der Waals surface area contributed by atoms with Crippen molar-refractivity contribution in [3.05, 3.63) is 52.8 Å². The van der Waals surface area contributed by atoms with E-state index < -0.39 is 6.61 Å². The van der Waals surface area contributed by atoms with E-state index in [2.05, 4.69) is 31.0 Å². The molecular formula is C14H13BrF2N2O. The van der Waals surface area contributed by atoms with Crippen LogP contribution in [0, 0.1) is 0 Å². The number of pyridine rings is 1. The Bertz CT molecular complexity index is 563. The Balaban J connectivity index is 2.06. The lowest BCUT2D eigenvalue weighted by Crippen LogP contribution is -2.08. The largest absolute Gasteiger partial charge is 0.435 e. The first kappa shape index (κ1) is 14.7. The molecule has 1 atom stereocenters. The van der Waals surface area contributed by atoms with Crippen LogP contribution in [-0.4, -0.2) is 11.6 Å². The predicted molar refractivity (Wildman–Crippen MR) is 77.0 cm³/mol. The normalized spacial score (nSPS) is 12.2. The lowest BCUT2D eigenvalue weighted by molar-refractivity contribution is -0.0498. The van der Waals surface area contributed by atoms with Crippen molar-refractivity contribution >= 4 is 21.6 Å². The zero-order chi connectivity index (χ0) is 14.5. The number of nitrogens with one attached hydrogen (secondary N) is 1. The first-order valence-electron chi connectivity index (χ1n) is 5.98. The van der Waals surface area contributed by atoms with Crippen molar-refractivity contribution < 1.29 is 13.5 Å². The summed E-state index contributed by atoms with van der Waals surface area (Å²) < 4.78 is 29.2. The highest BCUT2D eigenvalue weighted by molar-refractivity contribution is 9.10. The van der Waals surface area contributed by atoms with Gasteiger partial charge in [0.25, 0.3) is 0 Å². The summed E-state index contributed by atoms with van der Waals surface area (Å²) in [4.78, 5) is 4.12. The van der Waals surface area contributed by atoms with Crippen molar-refractivity contribution in [3.63, 3.8) is 0 Å². The molecule has 1 aromatic carbocycles. The van der Waals surface area contributed by atoms with E-state index in [4.69, 9.17) is 0 Å². The summed E-state index contributed by atoms with van der Waals surface area (Å²) in [5.41, 5.74) is 1.83. The molecule has 3 nitrogen and oxygen atoms in total. The van der Waals surface area contributed by atoms with Crippen molar-refractivity contribution in [1.82, 2.24) is 4.98 Å². The number of aromatic nitrogens is 1. The van der Waals surface area contributed by atoms with Crippen LogP contribution in [0.3, 0.4) is 0 Å². The number of benzene rings is 1. The van der Waals surface area contributed by atoms with E-state index in [0.717, 1.165) is 15.9 Å². The molecule has 0 radical (unpaired) electrons. The molecule has 1 heterocycles. The van der Waals surface area contributed by atoms with Crippen LogP contribution in [0.1, 0.15) is 18.5 Å². The van der Waals surface area contributed by atoms with Gasteiger partial charge in [0, 0.05) is 12.2 Å². The number of ether oxygens (including phenoxy) is 1. The highest BCUT2D eigenvalue weighted by Gasteiger charge is 2.09. The number of halogens is 3. The Morgan fingerprint density at radius 2 is 1.90 bits per heavy atom. The third-order valence-electron chi connectivity index (χ3n) is 2.74. The summed E-state index contributed by atoms with van der Waals surface area (Å²) in [6.07, 6.45) is 1.69. The first-order valence-corrected chi connectivity index (χ1v) is 6.77. The quantitative estimate of drug-likeness (QED) is 0.805. The van der Waals surface area contributed by atoms with Gasteiger partial charge in [-0.05, 0) is 52.7 Å². The van der Waals surface area contributed by atoms with E-state index in [9.17, 15) is 8.78 Å². The maximum atomic E-state index is 12.1. The number of nitrogens with zero attached hydrogens (tertiary/aromatic N) is 1. The zero-order valence-corrected chi connectivity index (χ0v) is 12.3. The molecule has 6 heteroatoms. The minimum atomic E-state index is -2.80. The van der Waals surface area contributed by atoms with E-state index >= 15 is 0 Å². The van der Waals surface area contributed by atoms with Gasteiger partial charge in [-0.1, -0.05) is 12.1 Å². The van der Waals surface area contributed by atoms with Gasteiger partial charge in [-0.15, -0.1) is 0 Å². The molecule has 0 fully saturated rings. The predicted octanol–water partition coefficient (Wildman–Crippen LogP) is 4.62. The highest BCUT2D eigenvalue weighted by atomic mass is 79.9.